The minimum absolute atomic E-state index is 0.0582. The lowest BCUT2D eigenvalue weighted by atomic mass is 10.1. The summed E-state index contributed by atoms with van der Waals surface area (Å²) in [4.78, 5) is 22.0. The number of carboxylic acid groups (broad SMARTS) is 1. The topological polar surface area (TPSA) is 57.6 Å². The summed E-state index contributed by atoms with van der Waals surface area (Å²) in [6, 6.07) is -0.592. The molecule has 0 aromatic heterocycles. The highest BCUT2D eigenvalue weighted by molar-refractivity contribution is 5.82. The summed E-state index contributed by atoms with van der Waals surface area (Å²) in [5.74, 6) is -2.92. The van der Waals surface area contributed by atoms with Gasteiger partial charge in [0.05, 0.1) is 0 Å². The first-order chi connectivity index (χ1) is 7.32. The molecule has 0 radical (unpaired) electrons. The molecule has 1 rings (SSSR count). The molecule has 1 aliphatic rings. The number of carbonyl (C=O) groups is 2. The van der Waals surface area contributed by atoms with Crippen molar-refractivity contribution in [3.63, 3.8) is 0 Å². The van der Waals surface area contributed by atoms with Gasteiger partial charge in [-0.2, -0.15) is 13.2 Å². The standard InChI is InChI=1S/C9H12F3NO3/c10-9(11,12)8(16)13-5-1-2-6(13)3-4-7(14)15/h6H,1-5H2,(H,14,15)/t6-/m0/s1. The third-order valence-electron chi connectivity index (χ3n) is 2.57. The maximum absolute atomic E-state index is 12.2. The summed E-state index contributed by atoms with van der Waals surface area (Å²) in [7, 11) is 0. The predicted octanol–water partition coefficient (Wildman–Crippen LogP) is 1.40. The van der Waals surface area contributed by atoms with Gasteiger partial charge in [-0.1, -0.05) is 0 Å². The van der Waals surface area contributed by atoms with Gasteiger partial charge in [-0.15, -0.1) is 0 Å². The molecule has 16 heavy (non-hydrogen) atoms. The lowest BCUT2D eigenvalue weighted by Gasteiger charge is -2.25. The van der Waals surface area contributed by atoms with Gasteiger partial charge in [-0.25, -0.2) is 0 Å². The fourth-order valence-electron chi connectivity index (χ4n) is 1.86. The van der Waals surface area contributed by atoms with Crippen molar-refractivity contribution >= 4 is 11.9 Å². The number of carboxylic acids is 1. The van der Waals surface area contributed by atoms with Crippen molar-refractivity contribution in [3.05, 3.63) is 0 Å². The molecule has 0 aromatic rings. The summed E-state index contributed by atoms with van der Waals surface area (Å²) < 4.78 is 36.5. The van der Waals surface area contributed by atoms with E-state index in [2.05, 4.69) is 0 Å². The van der Waals surface area contributed by atoms with Crippen LogP contribution >= 0.6 is 0 Å². The van der Waals surface area contributed by atoms with Crippen molar-refractivity contribution in [2.45, 2.75) is 37.9 Å². The molecule has 1 N–H and O–H groups in total. The van der Waals surface area contributed by atoms with Crippen LogP contribution in [-0.4, -0.2) is 40.6 Å². The molecule has 0 spiro atoms. The number of aliphatic carboxylic acids is 1. The zero-order valence-electron chi connectivity index (χ0n) is 8.46. The summed E-state index contributed by atoms with van der Waals surface area (Å²) >= 11 is 0. The van der Waals surface area contributed by atoms with Crippen molar-refractivity contribution < 1.29 is 27.9 Å². The second-order valence-electron chi connectivity index (χ2n) is 3.72. The summed E-state index contributed by atoms with van der Waals surface area (Å²) in [5.41, 5.74) is 0. The van der Waals surface area contributed by atoms with Gasteiger partial charge in [0.25, 0.3) is 0 Å². The van der Waals surface area contributed by atoms with Gasteiger partial charge >= 0.3 is 18.1 Å². The van der Waals surface area contributed by atoms with Gasteiger partial charge in [0.15, 0.2) is 0 Å². The van der Waals surface area contributed by atoms with Gasteiger partial charge in [0, 0.05) is 19.0 Å². The Labute approximate surface area is 90.0 Å². The number of alkyl halides is 3. The molecule has 1 amide bonds. The average molecular weight is 239 g/mol. The Morgan fingerprint density at radius 3 is 2.50 bits per heavy atom. The molecular formula is C9H12F3NO3. The van der Waals surface area contributed by atoms with Gasteiger partial charge in [-0.05, 0) is 19.3 Å². The Bertz CT molecular complexity index is 290. The largest absolute Gasteiger partial charge is 0.481 e. The third-order valence-corrected chi connectivity index (χ3v) is 2.57. The molecule has 7 heteroatoms. The molecule has 1 heterocycles. The number of likely N-dealkylation sites (tertiary alicyclic amines) is 1. The summed E-state index contributed by atoms with van der Waals surface area (Å²) in [5, 5.41) is 8.43. The number of carbonyl (C=O) groups excluding carboxylic acids is 1. The average Bonchev–Trinajstić information content (AvgIpc) is 2.59. The molecule has 0 unspecified atom stereocenters. The van der Waals surface area contributed by atoms with Gasteiger partial charge in [0.2, 0.25) is 0 Å². The van der Waals surface area contributed by atoms with Crippen LogP contribution in [0.15, 0.2) is 0 Å². The Morgan fingerprint density at radius 2 is 2.00 bits per heavy atom. The predicted molar refractivity (Wildman–Crippen MR) is 47.7 cm³/mol. The van der Waals surface area contributed by atoms with Crippen LogP contribution in [0.3, 0.4) is 0 Å². The van der Waals surface area contributed by atoms with Crippen LogP contribution in [0.25, 0.3) is 0 Å². The van der Waals surface area contributed by atoms with Crippen LogP contribution in [0.5, 0.6) is 0 Å². The monoisotopic (exact) mass is 239 g/mol. The Kier molecular flexibility index (Phi) is 3.77. The Balaban J connectivity index is 2.59. The van der Waals surface area contributed by atoms with Crippen LogP contribution in [0.2, 0.25) is 0 Å². The highest BCUT2D eigenvalue weighted by Crippen LogP contribution is 2.27. The maximum Gasteiger partial charge on any atom is 0.471 e. The quantitative estimate of drug-likeness (QED) is 0.810. The first-order valence-corrected chi connectivity index (χ1v) is 4.92. The lowest BCUT2D eigenvalue weighted by molar-refractivity contribution is -0.186. The van der Waals surface area contributed by atoms with Gasteiger partial charge < -0.3 is 10.0 Å². The van der Waals surface area contributed by atoms with Crippen molar-refractivity contribution in [2.75, 3.05) is 6.54 Å². The molecule has 1 atom stereocenters. The van der Waals surface area contributed by atoms with E-state index in [1.54, 1.807) is 0 Å². The van der Waals surface area contributed by atoms with Crippen LogP contribution in [0.4, 0.5) is 13.2 Å². The van der Waals surface area contributed by atoms with E-state index in [0.717, 1.165) is 4.90 Å². The number of amides is 1. The van der Waals surface area contributed by atoms with Crippen LogP contribution in [-0.2, 0) is 9.59 Å². The Hall–Kier alpha value is -1.27. The van der Waals surface area contributed by atoms with Crippen molar-refractivity contribution in [2.24, 2.45) is 0 Å². The molecule has 1 fully saturated rings. The minimum Gasteiger partial charge on any atom is -0.481 e. The van der Waals surface area contributed by atoms with Crippen molar-refractivity contribution in [3.8, 4) is 0 Å². The van der Waals surface area contributed by atoms with E-state index in [0.29, 0.717) is 12.8 Å². The smallest absolute Gasteiger partial charge is 0.471 e. The first-order valence-electron chi connectivity index (χ1n) is 4.92. The molecule has 1 saturated heterocycles. The highest BCUT2D eigenvalue weighted by Gasteiger charge is 2.45. The van der Waals surface area contributed by atoms with Crippen molar-refractivity contribution in [1.82, 2.24) is 4.90 Å². The molecular weight excluding hydrogens is 227 g/mol. The van der Waals surface area contributed by atoms with Crippen LogP contribution < -0.4 is 0 Å². The number of rotatable bonds is 3. The fraction of sp³-hybridized carbons (Fsp3) is 0.778. The lowest BCUT2D eigenvalue weighted by Crippen LogP contribution is -2.43. The van der Waals surface area contributed by atoms with E-state index in [1.165, 1.54) is 0 Å². The summed E-state index contributed by atoms with van der Waals surface area (Å²) in [6.07, 6.45) is -4.07. The number of nitrogens with zero attached hydrogens (tertiary/aromatic N) is 1. The van der Waals surface area contributed by atoms with Gasteiger partial charge in [-0.3, -0.25) is 9.59 Å². The molecule has 0 aromatic carbocycles. The SMILES string of the molecule is O=C(O)CC[C@@H]1CCCN1C(=O)C(F)(F)F. The zero-order chi connectivity index (χ0) is 12.3. The molecule has 0 saturated carbocycles. The second kappa shape index (κ2) is 4.71. The molecule has 92 valence electrons. The number of hydrogen-bond donors (Lipinski definition) is 1. The fourth-order valence-corrected chi connectivity index (χ4v) is 1.86. The first kappa shape index (κ1) is 12.8. The highest BCUT2D eigenvalue weighted by atomic mass is 19.4. The maximum atomic E-state index is 12.2. The third kappa shape index (κ3) is 3.11. The minimum atomic E-state index is -4.87. The number of halogens is 3. The van der Waals surface area contributed by atoms with E-state index in [-0.39, 0.29) is 19.4 Å². The molecule has 4 nitrogen and oxygen atoms in total. The van der Waals surface area contributed by atoms with E-state index in [1.807, 2.05) is 0 Å². The van der Waals surface area contributed by atoms with Crippen LogP contribution in [0, 0.1) is 0 Å². The zero-order valence-corrected chi connectivity index (χ0v) is 8.46. The molecule has 1 aliphatic heterocycles. The van der Waals surface area contributed by atoms with Gasteiger partial charge in [0.1, 0.15) is 0 Å². The van der Waals surface area contributed by atoms with Crippen LogP contribution in [0.1, 0.15) is 25.7 Å². The van der Waals surface area contributed by atoms with E-state index in [4.69, 9.17) is 5.11 Å². The van der Waals surface area contributed by atoms with E-state index in [9.17, 15) is 22.8 Å². The van der Waals surface area contributed by atoms with E-state index < -0.39 is 24.1 Å². The van der Waals surface area contributed by atoms with E-state index >= 15 is 0 Å². The molecule has 0 bridgehead atoms. The second-order valence-corrected chi connectivity index (χ2v) is 3.72. The normalized spacial score (nSPS) is 21.2. The number of hydrogen-bond acceptors (Lipinski definition) is 2. The summed E-state index contributed by atoms with van der Waals surface area (Å²) in [6.45, 7) is 0.0582. The molecule has 0 aliphatic carbocycles. The Morgan fingerprint density at radius 1 is 1.38 bits per heavy atom. The van der Waals surface area contributed by atoms with Crippen molar-refractivity contribution in [1.29, 1.82) is 0 Å².